The number of rotatable bonds is 7. The Kier molecular flexibility index (Phi) is 10.2. The first-order chi connectivity index (χ1) is 12.6. The van der Waals surface area contributed by atoms with Crippen molar-refractivity contribution in [3.05, 3.63) is 65.7 Å². The summed E-state index contributed by atoms with van der Waals surface area (Å²) in [5.41, 5.74) is 1.66. The van der Waals surface area contributed by atoms with E-state index in [-0.39, 0.29) is 29.9 Å². The number of nitrogens with one attached hydrogen (secondary N) is 2. The molecule has 0 aliphatic carbocycles. The fourth-order valence-corrected chi connectivity index (χ4v) is 2.46. The van der Waals surface area contributed by atoms with Crippen molar-refractivity contribution in [1.29, 1.82) is 0 Å². The first-order valence-electron chi connectivity index (χ1n) is 8.54. The lowest BCUT2D eigenvalue weighted by molar-refractivity contribution is 0.0963. The second kappa shape index (κ2) is 12.2. The molecule has 7 heteroatoms. The van der Waals surface area contributed by atoms with Crippen LogP contribution in [-0.2, 0) is 6.54 Å². The van der Waals surface area contributed by atoms with Crippen molar-refractivity contribution in [3.63, 3.8) is 0 Å². The fraction of sp³-hybridized carbons (Fsp3) is 0.300. The summed E-state index contributed by atoms with van der Waals surface area (Å²) in [6, 6.07) is 17.3. The van der Waals surface area contributed by atoms with Crippen molar-refractivity contribution in [1.82, 2.24) is 15.5 Å². The Labute approximate surface area is 178 Å². The molecule has 6 nitrogen and oxygen atoms in total. The van der Waals surface area contributed by atoms with E-state index in [0.29, 0.717) is 25.3 Å². The van der Waals surface area contributed by atoms with Crippen molar-refractivity contribution in [2.75, 3.05) is 34.3 Å². The molecule has 0 aliphatic heterocycles. The molecule has 0 heterocycles. The van der Waals surface area contributed by atoms with Gasteiger partial charge in [0.05, 0.1) is 6.54 Å². The molecule has 2 rings (SSSR count). The van der Waals surface area contributed by atoms with Gasteiger partial charge in [-0.15, -0.1) is 24.0 Å². The van der Waals surface area contributed by atoms with E-state index in [2.05, 4.69) is 15.6 Å². The van der Waals surface area contributed by atoms with Crippen LogP contribution < -0.4 is 15.4 Å². The monoisotopic (exact) mass is 482 g/mol. The van der Waals surface area contributed by atoms with Gasteiger partial charge in [0.1, 0.15) is 12.4 Å². The van der Waals surface area contributed by atoms with Crippen LogP contribution in [0.1, 0.15) is 15.9 Å². The van der Waals surface area contributed by atoms with E-state index in [4.69, 9.17) is 4.74 Å². The Balaban J connectivity index is 0.00000364. The number of carbonyl (C=O) groups excluding carboxylic acids is 1. The maximum absolute atomic E-state index is 11.7. The quantitative estimate of drug-likeness (QED) is 0.362. The third-order valence-electron chi connectivity index (χ3n) is 3.88. The molecule has 2 aromatic rings. The van der Waals surface area contributed by atoms with Crippen LogP contribution in [-0.4, -0.2) is 51.1 Å². The Hall–Kier alpha value is -2.29. The third-order valence-corrected chi connectivity index (χ3v) is 3.88. The number of carbonyl (C=O) groups is 1. The standard InChI is InChI=1S/C20H26N4O2.HI/c1-21-19(25)17-9-7-8-16(14-17)15-23-20(22-2)24(3)12-13-26-18-10-5-4-6-11-18;/h4-11,14H,12-13,15H2,1-3H3,(H,21,25)(H,22,23);1H. The number of ether oxygens (including phenoxy) is 1. The first-order valence-corrected chi connectivity index (χ1v) is 8.54. The van der Waals surface area contributed by atoms with E-state index < -0.39 is 0 Å². The summed E-state index contributed by atoms with van der Waals surface area (Å²) >= 11 is 0. The van der Waals surface area contributed by atoms with E-state index in [0.717, 1.165) is 17.3 Å². The summed E-state index contributed by atoms with van der Waals surface area (Å²) in [6.45, 7) is 1.85. The van der Waals surface area contributed by atoms with Gasteiger partial charge in [0, 0.05) is 33.3 Å². The molecule has 2 aromatic carbocycles. The zero-order valence-electron chi connectivity index (χ0n) is 15.9. The van der Waals surface area contributed by atoms with Crippen LogP contribution in [0.3, 0.4) is 0 Å². The molecule has 0 unspecified atom stereocenters. The molecule has 0 bridgehead atoms. The Bertz CT molecular complexity index is 738. The molecular weight excluding hydrogens is 455 g/mol. The average molecular weight is 482 g/mol. The molecule has 0 aromatic heterocycles. The predicted molar refractivity (Wildman–Crippen MR) is 120 cm³/mol. The molecule has 146 valence electrons. The number of amides is 1. The number of likely N-dealkylation sites (N-methyl/N-ethyl adjacent to an activating group) is 1. The zero-order valence-corrected chi connectivity index (χ0v) is 18.3. The van der Waals surface area contributed by atoms with Crippen LogP contribution >= 0.6 is 24.0 Å². The molecule has 0 atom stereocenters. The van der Waals surface area contributed by atoms with Crippen LogP contribution in [0, 0.1) is 0 Å². The van der Waals surface area contributed by atoms with Gasteiger partial charge in [-0.3, -0.25) is 9.79 Å². The predicted octanol–water partition coefficient (Wildman–Crippen LogP) is 2.75. The molecule has 1 amide bonds. The third kappa shape index (κ3) is 7.46. The number of nitrogens with zero attached hydrogens (tertiary/aromatic N) is 2. The molecule has 0 spiro atoms. The summed E-state index contributed by atoms with van der Waals surface area (Å²) in [5, 5.41) is 5.94. The van der Waals surface area contributed by atoms with Crippen LogP contribution in [0.15, 0.2) is 59.6 Å². The molecule has 0 saturated carbocycles. The molecule has 2 N–H and O–H groups in total. The lowest BCUT2D eigenvalue weighted by Gasteiger charge is -2.22. The normalized spacial score (nSPS) is 10.6. The van der Waals surface area contributed by atoms with Crippen LogP contribution in [0.4, 0.5) is 0 Å². The summed E-state index contributed by atoms with van der Waals surface area (Å²) in [4.78, 5) is 18.0. The number of halogens is 1. The van der Waals surface area contributed by atoms with Crippen LogP contribution in [0.25, 0.3) is 0 Å². The number of benzene rings is 2. The van der Waals surface area contributed by atoms with Crippen LogP contribution in [0.2, 0.25) is 0 Å². The molecule has 0 fully saturated rings. The van der Waals surface area contributed by atoms with E-state index in [1.165, 1.54) is 0 Å². The smallest absolute Gasteiger partial charge is 0.251 e. The van der Waals surface area contributed by atoms with E-state index >= 15 is 0 Å². The number of hydrogen-bond donors (Lipinski definition) is 2. The van der Waals surface area contributed by atoms with Crippen LogP contribution in [0.5, 0.6) is 5.75 Å². The topological polar surface area (TPSA) is 66.0 Å². The fourth-order valence-electron chi connectivity index (χ4n) is 2.46. The highest BCUT2D eigenvalue weighted by Gasteiger charge is 2.07. The molecule has 27 heavy (non-hydrogen) atoms. The summed E-state index contributed by atoms with van der Waals surface area (Å²) in [6.07, 6.45) is 0. The minimum atomic E-state index is -0.0913. The lowest BCUT2D eigenvalue weighted by atomic mass is 10.1. The maximum atomic E-state index is 11.7. The summed E-state index contributed by atoms with van der Waals surface area (Å²) in [7, 11) is 5.34. The van der Waals surface area contributed by atoms with E-state index in [1.807, 2.05) is 60.5 Å². The van der Waals surface area contributed by atoms with Gasteiger partial charge in [-0.1, -0.05) is 30.3 Å². The lowest BCUT2D eigenvalue weighted by Crippen LogP contribution is -2.40. The van der Waals surface area contributed by atoms with E-state index in [1.54, 1.807) is 20.2 Å². The molecular formula is C20H27IN4O2. The molecule has 0 saturated heterocycles. The molecule has 0 aliphatic rings. The number of para-hydroxylation sites is 1. The van der Waals surface area contributed by atoms with Gasteiger partial charge >= 0.3 is 0 Å². The largest absolute Gasteiger partial charge is 0.492 e. The average Bonchev–Trinajstić information content (AvgIpc) is 2.69. The highest BCUT2D eigenvalue weighted by molar-refractivity contribution is 14.0. The van der Waals surface area contributed by atoms with Crippen molar-refractivity contribution in [3.8, 4) is 5.75 Å². The Morgan fingerprint density at radius 1 is 1.15 bits per heavy atom. The van der Waals surface area contributed by atoms with Crippen molar-refractivity contribution in [2.45, 2.75) is 6.54 Å². The SMILES string of the molecule is CN=C(NCc1cccc(C(=O)NC)c1)N(C)CCOc1ccccc1.I. The van der Waals surface area contributed by atoms with Crippen molar-refractivity contribution < 1.29 is 9.53 Å². The second-order valence-corrected chi connectivity index (χ2v) is 5.76. The Morgan fingerprint density at radius 2 is 1.89 bits per heavy atom. The van der Waals surface area contributed by atoms with Gasteiger partial charge in [-0.05, 0) is 29.8 Å². The first kappa shape index (κ1) is 22.8. The van der Waals surface area contributed by atoms with Gasteiger partial charge in [0.15, 0.2) is 5.96 Å². The summed E-state index contributed by atoms with van der Waals surface area (Å²) in [5.74, 6) is 1.54. The molecule has 0 radical (unpaired) electrons. The van der Waals surface area contributed by atoms with Crippen molar-refractivity contribution in [2.24, 2.45) is 4.99 Å². The zero-order chi connectivity index (χ0) is 18.8. The number of hydrogen-bond acceptors (Lipinski definition) is 3. The van der Waals surface area contributed by atoms with Gasteiger partial charge < -0.3 is 20.3 Å². The minimum Gasteiger partial charge on any atom is -0.492 e. The maximum Gasteiger partial charge on any atom is 0.251 e. The van der Waals surface area contributed by atoms with Gasteiger partial charge in [-0.25, -0.2) is 0 Å². The van der Waals surface area contributed by atoms with Gasteiger partial charge in [-0.2, -0.15) is 0 Å². The number of guanidine groups is 1. The number of aliphatic imine (C=N–C) groups is 1. The second-order valence-electron chi connectivity index (χ2n) is 5.76. The minimum absolute atomic E-state index is 0. The Morgan fingerprint density at radius 3 is 2.56 bits per heavy atom. The summed E-state index contributed by atoms with van der Waals surface area (Å²) < 4.78 is 5.72. The highest BCUT2D eigenvalue weighted by atomic mass is 127. The van der Waals surface area contributed by atoms with Crippen molar-refractivity contribution >= 4 is 35.8 Å². The highest BCUT2D eigenvalue weighted by Crippen LogP contribution is 2.08. The van der Waals surface area contributed by atoms with Gasteiger partial charge in [0.2, 0.25) is 0 Å². The van der Waals surface area contributed by atoms with Gasteiger partial charge in [0.25, 0.3) is 5.91 Å². The van der Waals surface area contributed by atoms with E-state index in [9.17, 15) is 4.79 Å².